The average Bonchev–Trinajstić information content (AvgIpc) is 2.90. The fourth-order valence-corrected chi connectivity index (χ4v) is 6.28. The third-order valence-corrected chi connectivity index (χ3v) is 9.64. The summed E-state index contributed by atoms with van der Waals surface area (Å²) >= 11 is 0. The van der Waals surface area contributed by atoms with Crippen molar-refractivity contribution in [1.29, 1.82) is 0 Å². The molecule has 0 aromatic carbocycles. The maximum absolute atomic E-state index is 12.5. The average molecular weight is 587 g/mol. The van der Waals surface area contributed by atoms with E-state index in [1.807, 2.05) is 0 Å². The van der Waals surface area contributed by atoms with E-state index in [1.165, 1.54) is 114 Å². The van der Waals surface area contributed by atoms with Crippen LogP contribution in [-0.2, 0) is 4.79 Å². The van der Waals surface area contributed by atoms with Gasteiger partial charge < -0.3 is 0 Å². The van der Waals surface area contributed by atoms with Crippen molar-refractivity contribution in [3.05, 3.63) is 23.3 Å². The highest BCUT2D eigenvalue weighted by molar-refractivity contribution is 5.81. The molecule has 248 valence electrons. The van der Waals surface area contributed by atoms with Gasteiger partial charge in [-0.1, -0.05) is 169 Å². The molecule has 0 aromatic rings. The molecule has 0 radical (unpaired) electrons. The van der Waals surface area contributed by atoms with Crippen LogP contribution in [0.4, 0.5) is 0 Å². The summed E-state index contributed by atoms with van der Waals surface area (Å²) < 4.78 is 0. The predicted octanol–water partition coefficient (Wildman–Crippen LogP) is 14.1. The molecule has 0 amide bonds. The molecule has 1 heteroatoms. The number of ketones is 1. The second-order valence-electron chi connectivity index (χ2n) is 15.8. The summed E-state index contributed by atoms with van der Waals surface area (Å²) in [4.78, 5) is 12.5. The summed E-state index contributed by atoms with van der Waals surface area (Å²) in [7, 11) is 0. The summed E-state index contributed by atoms with van der Waals surface area (Å²) in [5.74, 6) is 5.48. The molecule has 42 heavy (non-hydrogen) atoms. The van der Waals surface area contributed by atoms with Gasteiger partial charge in [-0.25, -0.2) is 0 Å². The molecular formula is C41H78O. The second kappa shape index (κ2) is 26.5. The Bertz CT molecular complexity index is 638. The first-order chi connectivity index (χ1) is 19.9. The first kappa shape index (κ1) is 41.1. The zero-order valence-corrected chi connectivity index (χ0v) is 30.7. The van der Waals surface area contributed by atoms with E-state index >= 15 is 0 Å². The van der Waals surface area contributed by atoms with Gasteiger partial charge in [-0.15, -0.1) is 0 Å². The molecule has 0 aliphatic carbocycles. The molecule has 0 aliphatic rings. The van der Waals surface area contributed by atoms with Gasteiger partial charge in [-0.3, -0.25) is 4.79 Å². The van der Waals surface area contributed by atoms with Crippen LogP contribution in [0.1, 0.15) is 198 Å². The summed E-state index contributed by atoms with van der Waals surface area (Å²) in [6.07, 6.45) is 29.7. The fraction of sp³-hybridized carbons (Fsp3) is 0.878. The smallest absolute Gasteiger partial charge is 0.140 e. The number of carbonyl (C=O) groups excluding carboxylic acids is 1. The Labute approximate surface area is 266 Å². The van der Waals surface area contributed by atoms with E-state index < -0.39 is 0 Å². The Hall–Kier alpha value is -0.850. The van der Waals surface area contributed by atoms with Crippen LogP contribution in [0.15, 0.2) is 23.3 Å². The topological polar surface area (TPSA) is 17.1 Å². The Morgan fingerprint density at radius 2 is 0.690 bits per heavy atom. The molecule has 4 atom stereocenters. The zero-order chi connectivity index (χ0) is 31.8. The van der Waals surface area contributed by atoms with Crippen LogP contribution in [0.25, 0.3) is 0 Å². The lowest BCUT2D eigenvalue weighted by atomic mass is 9.91. The van der Waals surface area contributed by atoms with E-state index in [0.717, 1.165) is 48.3 Å². The minimum Gasteiger partial charge on any atom is -0.299 e. The molecule has 0 saturated heterocycles. The third kappa shape index (κ3) is 28.0. The Balaban J connectivity index is 3.93. The Morgan fingerprint density at radius 3 is 0.976 bits per heavy atom. The van der Waals surface area contributed by atoms with Crippen LogP contribution in [0.2, 0.25) is 0 Å². The van der Waals surface area contributed by atoms with E-state index in [9.17, 15) is 4.79 Å². The SMILES string of the molecule is C/C(=C/CC(=O)C/C=C(\C)CCC[C@H](C)CCC[C@H](C)CCCC(C)C)CCC[C@@H](C)CCC[C@@H](C)CCCC(C)C. The molecular weight excluding hydrogens is 508 g/mol. The zero-order valence-electron chi connectivity index (χ0n) is 30.7. The summed E-state index contributed by atoms with van der Waals surface area (Å²) in [6.45, 7) is 23.5. The maximum atomic E-state index is 12.5. The molecule has 0 saturated carbocycles. The van der Waals surface area contributed by atoms with Crippen molar-refractivity contribution < 1.29 is 4.79 Å². The summed E-state index contributed by atoms with van der Waals surface area (Å²) in [5, 5.41) is 0. The van der Waals surface area contributed by atoms with Crippen molar-refractivity contribution in [3.63, 3.8) is 0 Å². The molecule has 0 heterocycles. The highest BCUT2D eigenvalue weighted by Gasteiger charge is 2.08. The number of rotatable bonds is 28. The number of hydrogen-bond donors (Lipinski definition) is 0. The number of allylic oxidation sites excluding steroid dienone is 4. The molecule has 0 aromatic heterocycles. The van der Waals surface area contributed by atoms with Gasteiger partial charge in [0.25, 0.3) is 0 Å². The minimum absolute atomic E-state index is 0.362. The van der Waals surface area contributed by atoms with Gasteiger partial charge >= 0.3 is 0 Å². The van der Waals surface area contributed by atoms with Crippen molar-refractivity contribution in [3.8, 4) is 0 Å². The lowest BCUT2D eigenvalue weighted by Crippen LogP contribution is -2.00. The highest BCUT2D eigenvalue weighted by atomic mass is 16.1. The van der Waals surface area contributed by atoms with Crippen molar-refractivity contribution in [1.82, 2.24) is 0 Å². The van der Waals surface area contributed by atoms with Gasteiger partial charge in [0.2, 0.25) is 0 Å². The monoisotopic (exact) mass is 587 g/mol. The van der Waals surface area contributed by atoms with Crippen molar-refractivity contribution in [2.24, 2.45) is 35.5 Å². The van der Waals surface area contributed by atoms with E-state index in [2.05, 4.69) is 81.4 Å². The second-order valence-corrected chi connectivity index (χ2v) is 15.8. The van der Waals surface area contributed by atoms with Crippen molar-refractivity contribution in [2.75, 3.05) is 0 Å². The van der Waals surface area contributed by atoms with Crippen LogP contribution >= 0.6 is 0 Å². The Morgan fingerprint density at radius 1 is 0.429 bits per heavy atom. The highest BCUT2D eigenvalue weighted by Crippen LogP contribution is 2.24. The normalized spacial score (nSPS) is 15.8. The van der Waals surface area contributed by atoms with Gasteiger partial charge in [-0.2, -0.15) is 0 Å². The minimum atomic E-state index is 0.362. The number of hydrogen-bond acceptors (Lipinski definition) is 1. The van der Waals surface area contributed by atoms with Crippen LogP contribution < -0.4 is 0 Å². The quantitative estimate of drug-likeness (QED) is 0.0833. The molecule has 0 fully saturated rings. The van der Waals surface area contributed by atoms with Crippen molar-refractivity contribution >= 4 is 5.78 Å². The predicted molar refractivity (Wildman–Crippen MR) is 191 cm³/mol. The first-order valence-corrected chi connectivity index (χ1v) is 18.7. The lowest BCUT2D eigenvalue weighted by molar-refractivity contribution is -0.117. The summed E-state index contributed by atoms with van der Waals surface area (Å²) in [5.41, 5.74) is 2.79. The Kier molecular flexibility index (Phi) is 26.0. The molecule has 0 aliphatic heterocycles. The number of Topliss-reactive ketones (excluding diaryl/α,β-unsaturated/α-hetero) is 1. The lowest BCUT2D eigenvalue weighted by Gasteiger charge is -2.15. The standard InChI is InChI=1S/C41H78O/c1-33(2)17-11-19-35(5)21-13-23-37(7)25-15-27-39(9)29-31-41(42)32-30-40(10)28-16-26-38(8)24-14-22-36(6)20-12-18-34(3)4/h29-30,33-38H,11-28,31-32H2,1-10H3/b39-29-,40-30+/t35-,36+,37-,38+/m0/s1. The molecule has 0 bridgehead atoms. The van der Waals surface area contributed by atoms with E-state index in [0.29, 0.717) is 18.6 Å². The molecule has 0 unspecified atom stereocenters. The van der Waals surface area contributed by atoms with Gasteiger partial charge in [0.05, 0.1) is 0 Å². The maximum Gasteiger partial charge on any atom is 0.140 e. The van der Waals surface area contributed by atoms with Crippen LogP contribution in [0.5, 0.6) is 0 Å². The van der Waals surface area contributed by atoms with Crippen LogP contribution in [0, 0.1) is 35.5 Å². The summed E-state index contributed by atoms with van der Waals surface area (Å²) in [6, 6.07) is 0. The van der Waals surface area contributed by atoms with Gasteiger partial charge in [0.1, 0.15) is 5.78 Å². The van der Waals surface area contributed by atoms with Crippen LogP contribution in [-0.4, -0.2) is 5.78 Å². The number of carbonyl (C=O) groups is 1. The van der Waals surface area contributed by atoms with E-state index in [1.54, 1.807) is 0 Å². The van der Waals surface area contributed by atoms with Crippen molar-refractivity contribution in [2.45, 2.75) is 198 Å². The molecule has 1 nitrogen and oxygen atoms in total. The van der Waals surface area contributed by atoms with E-state index in [-0.39, 0.29) is 0 Å². The fourth-order valence-electron chi connectivity index (χ4n) is 6.28. The van der Waals surface area contributed by atoms with Gasteiger partial charge in [-0.05, 0) is 75.0 Å². The molecule has 0 rings (SSSR count). The third-order valence-electron chi connectivity index (χ3n) is 9.64. The van der Waals surface area contributed by atoms with E-state index in [4.69, 9.17) is 0 Å². The first-order valence-electron chi connectivity index (χ1n) is 18.7. The molecule has 0 spiro atoms. The van der Waals surface area contributed by atoms with Crippen LogP contribution in [0.3, 0.4) is 0 Å². The molecule has 0 N–H and O–H groups in total. The largest absolute Gasteiger partial charge is 0.299 e. The van der Waals surface area contributed by atoms with Gasteiger partial charge in [0.15, 0.2) is 0 Å². The van der Waals surface area contributed by atoms with Gasteiger partial charge in [0, 0.05) is 12.8 Å².